The zero-order chi connectivity index (χ0) is 23.5. The van der Waals surface area contributed by atoms with Crippen molar-refractivity contribution in [1.29, 1.82) is 0 Å². The molecule has 1 saturated heterocycles. The van der Waals surface area contributed by atoms with Gasteiger partial charge in [-0.25, -0.2) is 0 Å². The van der Waals surface area contributed by atoms with Gasteiger partial charge in [-0.3, -0.25) is 4.98 Å². The normalized spacial score (nSPS) is 27.9. The second-order valence-corrected chi connectivity index (χ2v) is 11.4. The summed E-state index contributed by atoms with van der Waals surface area (Å²) in [6, 6.07) is 8.24. The van der Waals surface area contributed by atoms with Crippen LogP contribution in [0.5, 0.6) is 5.75 Å². The van der Waals surface area contributed by atoms with Gasteiger partial charge < -0.3 is 19.3 Å². The number of nitrogens with zero attached hydrogens (tertiary/aromatic N) is 1. The number of aromatic nitrogens is 1. The van der Waals surface area contributed by atoms with Crippen LogP contribution in [0.3, 0.4) is 0 Å². The molecule has 5 nitrogen and oxygen atoms in total. The molecule has 3 aliphatic rings. The molecule has 3 heterocycles. The Kier molecular flexibility index (Phi) is 5.58. The highest BCUT2D eigenvalue weighted by molar-refractivity contribution is 5.54. The topological polar surface area (TPSA) is 60.8 Å². The second kappa shape index (κ2) is 8.07. The molecule has 3 unspecified atom stereocenters. The van der Waals surface area contributed by atoms with Crippen molar-refractivity contribution in [2.24, 2.45) is 5.41 Å². The number of hydrogen-bond acceptors (Lipinski definition) is 5. The van der Waals surface area contributed by atoms with E-state index in [-0.39, 0.29) is 23.5 Å². The molecule has 0 radical (unpaired) electrons. The molecule has 3 atom stereocenters. The molecular weight excluding hydrogens is 414 g/mol. The Labute approximate surface area is 197 Å². The highest BCUT2D eigenvalue weighted by Gasteiger charge is 2.53. The van der Waals surface area contributed by atoms with Crippen LogP contribution in [-0.2, 0) is 21.5 Å². The Hall–Kier alpha value is -1.95. The summed E-state index contributed by atoms with van der Waals surface area (Å²) in [7, 11) is 0. The SMILES string of the molecule is CC(C)Oc1ccc(C2OC3(CCOC3)c3c4c(nc(C(C)C)c32)CC(C)(C)CC4O)cc1. The third-order valence-corrected chi connectivity index (χ3v) is 7.25. The van der Waals surface area contributed by atoms with E-state index in [9.17, 15) is 5.11 Å². The number of aliphatic hydroxyl groups is 1. The Morgan fingerprint density at radius 2 is 1.82 bits per heavy atom. The minimum Gasteiger partial charge on any atom is -0.491 e. The summed E-state index contributed by atoms with van der Waals surface area (Å²) < 4.78 is 18.7. The molecule has 0 amide bonds. The number of fused-ring (bicyclic) bond motifs is 4. The summed E-state index contributed by atoms with van der Waals surface area (Å²) in [5.41, 5.74) is 6.02. The monoisotopic (exact) mass is 451 g/mol. The first-order valence-corrected chi connectivity index (χ1v) is 12.4. The molecule has 1 aromatic carbocycles. The summed E-state index contributed by atoms with van der Waals surface area (Å²) in [6.07, 6.45) is 1.77. The first-order chi connectivity index (χ1) is 15.6. The fourth-order valence-corrected chi connectivity index (χ4v) is 5.93. The lowest BCUT2D eigenvalue weighted by molar-refractivity contribution is -0.0653. The molecule has 2 aliphatic heterocycles. The Morgan fingerprint density at radius 1 is 1.09 bits per heavy atom. The van der Waals surface area contributed by atoms with Crippen molar-refractivity contribution in [3.05, 3.63) is 57.9 Å². The summed E-state index contributed by atoms with van der Waals surface area (Å²) >= 11 is 0. The van der Waals surface area contributed by atoms with Crippen LogP contribution >= 0.6 is 0 Å². The van der Waals surface area contributed by atoms with Crippen LogP contribution in [0.25, 0.3) is 0 Å². The summed E-state index contributed by atoms with van der Waals surface area (Å²) in [5, 5.41) is 11.4. The maximum Gasteiger partial charge on any atom is 0.121 e. The number of ether oxygens (including phenoxy) is 3. The minimum absolute atomic E-state index is 0.0202. The Morgan fingerprint density at radius 3 is 2.42 bits per heavy atom. The van der Waals surface area contributed by atoms with Crippen molar-refractivity contribution in [1.82, 2.24) is 4.98 Å². The molecule has 1 fully saturated rings. The van der Waals surface area contributed by atoms with E-state index in [1.165, 1.54) is 0 Å². The van der Waals surface area contributed by atoms with Gasteiger partial charge in [0.25, 0.3) is 0 Å². The number of aliphatic hydroxyl groups excluding tert-OH is 1. The molecule has 33 heavy (non-hydrogen) atoms. The van der Waals surface area contributed by atoms with E-state index >= 15 is 0 Å². The van der Waals surface area contributed by atoms with Gasteiger partial charge in [0, 0.05) is 41.1 Å². The third-order valence-electron chi connectivity index (χ3n) is 7.25. The Balaban J connectivity index is 1.70. The van der Waals surface area contributed by atoms with Gasteiger partial charge in [0.05, 0.1) is 18.8 Å². The standard InChI is InChI=1S/C28H37NO4/c1-16(2)25-23-24(22-20(29-25)13-27(5,6)14-21(22)30)28(11-12-31-15-28)33-26(23)18-7-9-19(10-8-18)32-17(3)4/h7-10,16-17,21,26,30H,11-15H2,1-6H3. The van der Waals surface area contributed by atoms with Gasteiger partial charge >= 0.3 is 0 Å². The maximum atomic E-state index is 11.4. The largest absolute Gasteiger partial charge is 0.491 e. The summed E-state index contributed by atoms with van der Waals surface area (Å²) in [5.74, 6) is 1.11. The minimum atomic E-state index is -0.534. The fourth-order valence-electron chi connectivity index (χ4n) is 5.93. The van der Waals surface area contributed by atoms with Crippen molar-refractivity contribution in [3.63, 3.8) is 0 Å². The average molecular weight is 452 g/mol. The molecule has 0 saturated carbocycles. The lowest BCUT2D eigenvalue weighted by Crippen LogP contribution is -2.33. The van der Waals surface area contributed by atoms with Gasteiger partial charge in [-0.2, -0.15) is 0 Å². The molecule has 5 rings (SSSR count). The molecule has 5 heteroatoms. The maximum absolute atomic E-state index is 11.4. The van der Waals surface area contributed by atoms with Crippen molar-refractivity contribution < 1.29 is 19.3 Å². The van der Waals surface area contributed by atoms with Gasteiger partial charge in [-0.15, -0.1) is 0 Å². The van der Waals surface area contributed by atoms with Gasteiger partial charge in [-0.05, 0) is 55.7 Å². The van der Waals surface area contributed by atoms with E-state index in [0.29, 0.717) is 13.2 Å². The van der Waals surface area contributed by atoms with Crippen molar-refractivity contribution in [3.8, 4) is 5.75 Å². The van der Waals surface area contributed by atoms with E-state index in [4.69, 9.17) is 19.2 Å². The number of hydrogen-bond donors (Lipinski definition) is 1. The zero-order valence-electron chi connectivity index (χ0n) is 20.8. The highest BCUT2D eigenvalue weighted by Crippen LogP contribution is 2.57. The molecule has 2 aromatic rings. The molecule has 1 aromatic heterocycles. The van der Waals surface area contributed by atoms with Crippen LogP contribution in [0, 0.1) is 5.41 Å². The summed E-state index contributed by atoms with van der Waals surface area (Å²) in [6.45, 7) is 14.1. The van der Waals surface area contributed by atoms with Crippen LogP contribution in [0.15, 0.2) is 24.3 Å². The third kappa shape index (κ3) is 3.88. The highest BCUT2D eigenvalue weighted by atomic mass is 16.6. The quantitative estimate of drug-likeness (QED) is 0.643. The fraction of sp³-hybridized carbons (Fsp3) is 0.607. The second-order valence-electron chi connectivity index (χ2n) is 11.4. The molecule has 1 spiro atoms. The van der Waals surface area contributed by atoms with Crippen molar-refractivity contribution >= 4 is 0 Å². The molecule has 178 valence electrons. The summed E-state index contributed by atoms with van der Waals surface area (Å²) in [4.78, 5) is 5.21. The van der Waals surface area contributed by atoms with Crippen LogP contribution in [0.2, 0.25) is 0 Å². The van der Waals surface area contributed by atoms with E-state index in [2.05, 4.69) is 39.8 Å². The van der Waals surface area contributed by atoms with Crippen LogP contribution in [-0.4, -0.2) is 29.4 Å². The predicted octanol–water partition coefficient (Wildman–Crippen LogP) is 5.73. The predicted molar refractivity (Wildman–Crippen MR) is 128 cm³/mol. The molecule has 1 aliphatic carbocycles. The van der Waals surface area contributed by atoms with Crippen molar-refractivity contribution in [2.75, 3.05) is 13.2 Å². The lowest BCUT2D eigenvalue weighted by Gasteiger charge is -2.37. The van der Waals surface area contributed by atoms with E-state index in [1.807, 2.05) is 26.0 Å². The lowest BCUT2D eigenvalue weighted by atomic mass is 9.70. The smallest absolute Gasteiger partial charge is 0.121 e. The van der Waals surface area contributed by atoms with E-state index in [1.54, 1.807) is 0 Å². The van der Waals surface area contributed by atoms with Gasteiger partial charge in [0.15, 0.2) is 0 Å². The van der Waals surface area contributed by atoms with E-state index in [0.717, 1.165) is 58.7 Å². The van der Waals surface area contributed by atoms with Gasteiger partial charge in [-0.1, -0.05) is 39.8 Å². The Bertz CT molecular complexity index is 1030. The molecule has 0 bridgehead atoms. The van der Waals surface area contributed by atoms with E-state index < -0.39 is 11.7 Å². The van der Waals surface area contributed by atoms with Gasteiger partial charge in [0.1, 0.15) is 17.5 Å². The van der Waals surface area contributed by atoms with Crippen LogP contribution < -0.4 is 4.74 Å². The van der Waals surface area contributed by atoms with Crippen molar-refractivity contribution in [2.45, 2.75) is 90.6 Å². The zero-order valence-corrected chi connectivity index (χ0v) is 20.8. The molecular formula is C28H37NO4. The number of benzene rings is 1. The van der Waals surface area contributed by atoms with Crippen LogP contribution in [0.1, 0.15) is 106 Å². The first-order valence-electron chi connectivity index (χ1n) is 12.4. The van der Waals surface area contributed by atoms with Crippen LogP contribution in [0.4, 0.5) is 0 Å². The number of pyridine rings is 1. The number of rotatable bonds is 4. The van der Waals surface area contributed by atoms with Gasteiger partial charge in [0.2, 0.25) is 0 Å². The molecule has 1 N–H and O–H groups in total. The first kappa shape index (κ1) is 22.8. The average Bonchev–Trinajstić information content (AvgIpc) is 3.32.